The summed E-state index contributed by atoms with van der Waals surface area (Å²) in [6.07, 6.45) is -0.469. The Hall–Kier alpha value is -2.52. The van der Waals surface area contributed by atoms with E-state index in [0.29, 0.717) is 39.2 Å². The molecule has 0 aromatic rings. The van der Waals surface area contributed by atoms with Crippen LogP contribution in [0.5, 0.6) is 0 Å². The molecule has 1 saturated heterocycles. The topological polar surface area (TPSA) is 114 Å². The summed E-state index contributed by atoms with van der Waals surface area (Å²) in [5.74, 6) is -0.812. The number of alkyl carbamates (subject to hydrolysis) is 1. The van der Waals surface area contributed by atoms with Gasteiger partial charge in [-0.3, -0.25) is 9.59 Å². The Labute approximate surface area is 165 Å². The van der Waals surface area contributed by atoms with Gasteiger partial charge in [-0.15, -0.1) is 0 Å². The van der Waals surface area contributed by atoms with E-state index in [1.54, 1.807) is 32.6 Å². The first-order valence-electron chi connectivity index (χ1n) is 9.44. The largest absolute Gasteiger partial charge is 0.456 e. The van der Waals surface area contributed by atoms with Gasteiger partial charge in [-0.2, -0.15) is 0 Å². The monoisotopic (exact) mass is 401 g/mol. The maximum Gasteiger partial charge on any atom is 0.409 e. The van der Waals surface area contributed by atoms with Gasteiger partial charge in [0.05, 0.1) is 6.61 Å². The quantitative estimate of drug-likeness (QED) is 0.386. The number of rotatable bonds is 7. The fourth-order valence-electron chi connectivity index (χ4n) is 2.40. The van der Waals surface area contributed by atoms with E-state index in [0.717, 1.165) is 0 Å². The first kappa shape index (κ1) is 23.5. The lowest BCUT2D eigenvalue weighted by Crippen LogP contribution is -2.51. The zero-order valence-corrected chi connectivity index (χ0v) is 17.1. The lowest BCUT2D eigenvalue weighted by atomic mass is 10.2. The number of nitrogens with zero attached hydrogens (tertiary/aromatic N) is 2. The van der Waals surface area contributed by atoms with Crippen molar-refractivity contribution in [2.75, 3.05) is 45.9 Å². The third-order valence-electron chi connectivity index (χ3n) is 3.74. The number of amides is 3. The molecule has 10 heteroatoms. The summed E-state index contributed by atoms with van der Waals surface area (Å²) in [6, 6.07) is 0. The first-order valence-corrected chi connectivity index (χ1v) is 9.44. The van der Waals surface area contributed by atoms with Crippen LogP contribution in [-0.4, -0.2) is 85.4 Å². The van der Waals surface area contributed by atoms with Gasteiger partial charge in [-0.25, -0.2) is 9.59 Å². The molecule has 1 fully saturated rings. The Kier molecular flexibility index (Phi) is 9.54. The van der Waals surface area contributed by atoms with E-state index < -0.39 is 17.7 Å². The van der Waals surface area contributed by atoms with Gasteiger partial charge < -0.3 is 29.3 Å². The van der Waals surface area contributed by atoms with E-state index in [9.17, 15) is 19.2 Å². The lowest BCUT2D eigenvalue weighted by molar-refractivity contribution is -0.152. The van der Waals surface area contributed by atoms with Crippen LogP contribution in [0.1, 0.15) is 40.5 Å². The molecule has 1 aliphatic heterocycles. The normalized spacial score (nSPS) is 14.3. The summed E-state index contributed by atoms with van der Waals surface area (Å²) in [5.41, 5.74) is -0.578. The first-order chi connectivity index (χ1) is 13.1. The van der Waals surface area contributed by atoms with Gasteiger partial charge in [0, 0.05) is 39.1 Å². The zero-order valence-electron chi connectivity index (χ0n) is 17.1. The van der Waals surface area contributed by atoms with Crippen LogP contribution in [0.4, 0.5) is 9.59 Å². The highest BCUT2D eigenvalue weighted by atomic mass is 16.6. The molecule has 1 heterocycles. The van der Waals surface area contributed by atoms with Crippen molar-refractivity contribution in [3.8, 4) is 0 Å². The van der Waals surface area contributed by atoms with E-state index in [2.05, 4.69) is 5.32 Å². The number of ether oxygens (including phenoxy) is 3. The smallest absolute Gasteiger partial charge is 0.409 e. The molecule has 0 atom stereocenters. The fourth-order valence-corrected chi connectivity index (χ4v) is 2.40. The molecule has 0 unspecified atom stereocenters. The van der Waals surface area contributed by atoms with Gasteiger partial charge in [-0.05, 0) is 34.1 Å². The summed E-state index contributed by atoms with van der Waals surface area (Å²) in [6.45, 7) is 8.77. The van der Waals surface area contributed by atoms with Crippen LogP contribution in [0, 0.1) is 0 Å². The predicted octanol–water partition coefficient (Wildman–Crippen LogP) is 1.14. The minimum Gasteiger partial charge on any atom is -0.456 e. The third kappa shape index (κ3) is 9.43. The molecule has 1 N–H and O–H groups in total. The molecule has 0 radical (unpaired) electrons. The van der Waals surface area contributed by atoms with Crippen molar-refractivity contribution in [3.63, 3.8) is 0 Å². The Morgan fingerprint density at radius 3 is 2.14 bits per heavy atom. The number of piperazine rings is 1. The number of hydrogen-bond donors (Lipinski definition) is 1. The molecule has 28 heavy (non-hydrogen) atoms. The average molecular weight is 401 g/mol. The zero-order chi connectivity index (χ0) is 21.2. The minimum atomic E-state index is -0.578. The van der Waals surface area contributed by atoms with Crippen LogP contribution in [-0.2, 0) is 23.8 Å². The summed E-state index contributed by atoms with van der Waals surface area (Å²) in [5, 5.41) is 2.55. The Morgan fingerprint density at radius 2 is 1.57 bits per heavy atom. The van der Waals surface area contributed by atoms with Gasteiger partial charge >= 0.3 is 18.2 Å². The highest BCUT2D eigenvalue weighted by Crippen LogP contribution is 2.07. The predicted molar refractivity (Wildman–Crippen MR) is 99.6 cm³/mol. The summed E-state index contributed by atoms with van der Waals surface area (Å²) in [4.78, 5) is 50.0. The number of carbonyl (C=O) groups excluding carboxylic acids is 4. The maximum absolute atomic E-state index is 12.1. The van der Waals surface area contributed by atoms with Crippen molar-refractivity contribution in [2.24, 2.45) is 0 Å². The Morgan fingerprint density at radius 1 is 0.964 bits per heavy atom. The van der Waals surface area contributed by atoms with Crippen LogP contribution < -0.4 is 5.32 Å². The molecule has 0 bridgehead atoms. The van der Waals surface area contributed by atoms with Gasteiger partial charge in [-0.1, -0.05) is 0 Å². The van der Waals surface area contributed by atoms with Crippen molar-refractivity contribution in [1.29, 1.82) is 0 Å². The van der Waals surface area contributed by atoms with Crippen molar-refractivity contribution >= 4 is 24.1 Å². The molecule has 160 valence electrons. The molecule has 1 rings (SSSR count). The number of esters is 1. The van der Waals surface area contributed by atoms with Gasteiger partial charge in [0.25, 0.3) is 5.91 Å². The van der Waals surface area contributed by atoms with Crippen molar-refractivity contribution in [3.05, 3.63) is 0 Å². The van der Waals surface area contributed by atoms with Crippen molar-refractivity contribution in [1.82, 2.24) is 15.1 Å². The number of carbonyl (C=O) groups is 4. The minimum absolute atomic E-state index is 0.0830. The lowest BCUT2D eigenvalue weighted by Gasteiger charge is -2.33. The number of hydrogen-bond acceptors (Lipinski definition) is 7. The van der Waals surface area contributed by atoms with Crippen LogP contribution in [0.2, 0.25) is 0 Å². The molecule has 0 saturated carbocycles. The second-order valence-electron chi connectivity index (χ2n) is 7.26. The van der Waals surface area contributed by atoms with E-state index in [1.807, 2.05) is 0 Å². The van der Waals surface area contributed by atoms with Gasteiger partial charge in [0.2, 0.25) is 0 Å². The molecule has 3 amide bonds. The van der Waals surface area contributed by atoms with E-state index in [4.69, 9.17) is 14.2 Å². The second kappa shape index (κ2) is 11.4. The molecule has 10 nitrogen and oxygen atoms in total. The Balaban J connectivity index is 2.16. The van der Waals surface area contributed by atoms with E-state index in [1.165, 1.54) is 4.90 Å². The third-order valence-corrected chi connectivity index (χ3v) is 3.74. The molecule has 0 spiro atoms. The molecular weight excluding hydrogens is 370 g/mol. The van der Waals surface area contributed by atoms with E-state index in [-0.39, 0.29) is 31.6 Å². The second-order valence-corrected chi connectivity index (χ2v) is 7.26. The molecule has 0 aliphatic carbocycles. The van der Waals surface area contributed by atoms with Crippen LogP contribution in [0.25, 0.3) is 0 Å². The molecule has 1 aliphatic rings. The molecular formula is C18H31N3O7. The van der Waals surface area contributed by atoms with Crippen LogP contribution in [0.15, 0.2) is 0 Å². The average Bonchev–Trinajstić information content (AvgIpc) is 2.62. The summed E-state index contributed by atoms with van der Waals surface area (Å²) < 4.78 is 15.0. The molecule has 0 aromatic carbocycles. The van der Waals surface area contributed by atoms with E-state index >= 15 is 0 Å². The van der Waals surface area contributed by atoms with Gasteiger partial charge in [0.1, 0.15) is 5.60 Å². The number of nitrogens with one attached hydrogen (secondary N) is 1. The highest BCUT2D eigenvalue weighted by Gasteiger charge is 2.25. The van der Waals surface area contributed by atoms with Crippen LogP contribution in [0.3, 0.4) is 0 Å². The summed E-state index contributed by atoms with van der Waals surface area (Å²) >= 11 is 0. The van der Waals surface area contributed by atoms with Crippen molar-refractivity contribution in [2.45, 2.75) is 46.1 Å². The maximum atomic E-state index is 12.1. The fraction of sp³-hybridized carbons (Fsp3) is 0.778. The standard InChI is InChI=1S/C18H31N3O7/c1-5-26-17(25)21-11-9-20(10-12-21)14(22)13-27-15(23)7-6-8-19-16(24)28-18(2,3)4/h5-13H2,1-4H3,(H,19,24). The summed E-state index contributed by atoms with van der Waals surface area (Å²) in [7, 11) is 0. The van der Waals surface area contributed by atoms with Crippen molar-refractivity contribution < 1.29 is 33.4 Å². The Bertz CT molecular complexity index is 552. The van der Waals surface area contributed by atoms with Crippen LogP contribution >= 0.6 is 0 Å². The van der Waals surface area contributed by atoms with Gasteiger partial charge in [0.15, 0.2) is 6.61 Å². The molecule has 0 aromatic heterocycles. The highest BCUT2D eigenvalue weighted by molar-refractivity contribution is 5.81. The SMILES string of the molecule is CCOC(=O)N1CCN(C(=O)COC(=O)CCCNC(=O)OC(C)(C)C)CC1.